The molecule has 0 bridgehead atoms. The molecule has 0 aliphatic carbocycles. The molecule has 1 atom stereocenters. The van der Waals surface area contributed by atoms with Gasteiger partial charge in [0.05, 0.1) is 30.0 Å². The molecule has 5 N–H and O–H groups in total. The van der Waals surface area contributed by atoms with Crippen LogP contribution in [-0.2, 0) is 19.6 Å². The Morgan fingerprint density at radius 1 is 1.25 bits per heavy atom. The number of aromatic hydroxyl groups is 1. The highest BCUT2D eigenvalue weighted by Gasteiger charge is 2.27. The van der Waals surface area contributed by atoms with E-state index in [4.69, 9.17) is 9.88 Å². The van der Waals surface area contributed by atoms with Crippen molar-refractivity contribution in [1.29, 1.82) is 0 Å². The van der Waals surface area contributed by atoms with Crippen LogP contribution in [0.1, 0.15) is 12.8 Å². The van der Waals surface area contributed by atoms with Crippen LogP contribution >= 0.6 is 0 Å². The molecule has 1 saturated heterocycles. The largest absolute Gasteiger partial charge is 0.497 e. The number of anilines is 1. The average molecular weight is 515 g/mol. The molecule has 1 aromatic heterocycles. The molecule has 1 aliphatic heterocycles. The zero-order chi connectivity index (χ0) is 25.9. The lowest BCUT2D eigenvalue weighted by Crippen LogP contribution is -2.42. The maximum atomic E-state index is 12.7. The van der Waals surface area contributed by atoms with Crippen molar-refractivity contribution in [3.8, 4) is 11.6 Å². The molecule has 0 spiro atoms. The topological polar surface area (TPSA) is 180 Å². The van der Waals surface area contributed by atoms with Crippen molar-refractivity contribution in [3.05, 3.63) is 42.5 Å². The minimum Gasteiger partial charge on any atom is -0.497 e. The standard InChI is InChI=1S/C23H26N6O6S/c1-35-16-6-9-18-19(11-16)26-23(32)21(18)27-28-22(31)14-3-2-10-29(12-14)13-20(30)25-15-4-7-17(8-5-15)36(24,33)34/h4-9,11,14,26,32H,2-3,10,12-13H2,1H3,(H,25,30)(H2,24,33,34). The number of hydrogen-bond donors (Lipinski definition) is 4. The highest BCUT2D eigenvalue weighted by Crippen LogP contribution is 2.37. The molecule has 36 heavy (non-hydrogen) atoms. The van der Waals surface area contributed by atoms with Gasteiger partial charge in [-0.1, -0.05) is 0 Å². The van der Waals surface area contributed by atoms with Gasteiger partial charge in [0, 0.05) is 23.7 Å². The number of nitrogens with one attached hydrogen (secondary N) is 2. The number of methoxy groups -OCH3 is 1. The summed E-state index contributed by atoms with van der Waals surface area (Å²) in [7, 11) is -2.27. The number of likely N-dealkylation sites (tertiary alicyclic amines) is 1. The number of nitrogens with zero attached hydrogens (tertiary/aromatic N) is 3. The number of carbonyl (C=O) groups excluding carboxylic acids is 2. The first kappa shape index (κ1) is 25.3. The number of azo groups is 1. The molecule has 2 amide bonds. The third-order valence-corrected chi connectivity index (χ3v) is 6.83. The first-order chi connectivity index (χ1) is 17.1. The first-order valence-corrected chi connectivity index (χ1v) is 12.7. The van der Waals surface area contributed by atoms with Crippen molar-refractivity contribution in [2.24, 2.45) is 21.3 Å². The van der Waals surface area contributed by atoms with E-state index in [1.807, 2.05) is 4.90 Å². The van der Waals surface area contributed by atoms with Gasteiger partial charge in [-0.25, -0.2) is 13.6 Å². The van der Waals surface area contributed by atoms with Gasteiger partial charge >= 0.3 is 0 Å². The number of aromatic nitrogens is 1. The number of hydrogen-bond acceptors (Lipinski definition) is 8. The van der Waals surface area contributed by atoms with E-state index in [0.29, 0.717) is 48.3 Å². The fourth-order valence-electron chi connectivity index (χ4n) is 4.09. The van der Waals surface area contributed by atoms with Crippen LogP contribution in [-0.4, -0.2) is 62.0 Å². The molecule has 1 unspecified atom stereocenters. The van der Waals surface area contributed by atoms with Crippen LogP contribution in [0.15, 0.2) is 57.6 Å². The second-order valence-corrected chi connectivity index (χ2v) is 10.0. The van der Waals surface area contributed by atoms with E-state index in [1.54, 1.807) is 18.2 Å². The van der Waals surface area contributed by atoms with Crippen molar-refractivity contribution in [2.75, 3.05) is 32.1 Å². The smallest absolute Gasteiger partial charge is 0.269 e. The number of amides is 2. The van der Waals surface area contributed by atoms with Crippen LogP contribution in [0.25, 0.3) is 10.9 Å². The lowest BCUT2D eigenvalue weighted by Gasteiger charge is -2.30. The maximum absolute atomic E-state index is 12.7. The van der Waals surface area contributed by atoms with Crippen molar-refractivity contribution >= 4 is 44.1 Å². The molecule has 4 rings (SSSR count). The third kappa shape index (κ3) is 5.87. The molecular formula is C23H26N6O6S. The van der Waals surface area contributed by atoms with E-state index in [0.717, 1.165) is 0 Å². The Morgan fingerprint density at radius 2 is 2.00 bits per heavy atom. The zero-order valence-corrected chi connectivity index (χ0v) is 20.3. The Bertz CT molecular complexity index is 1420. The highest BCUT2D eigenvalue weighted by atomic mass is 32.2. The van der Waals surface area contributed by atoms with Gasteiger partial charge in [-0.3, -0.25) is 14.5 Å². The lowest BCUT2D eigenvalue weighted by molar-refractivity contribution is -0.125. The van der Waals surface area contributed by atoms with E-state index < -0.39 is 21.8 Å². The summed E-state index contributed by atoms with van der Waals surface area (Å²) in [5, 5.41) is 26.4. The fourth-order valence-corrected chi connectivity index (χ4v) is 4.60. The monoisotopic (exact) mass is 514 g/mol. The Labute approximate surface area is 207 Å². The summed E-state index contributed by atoms with van der Waals surface area (Å²) in [5.41, 5.74) is 1.20. The first-order valence-electron chi connectivity index (χ1n) is 11.1. The molecule has 1 fully saturated rings. The maximum Gasteiger partial charge on any atom is 0.269 e. The number of piperidine rings is 1. The summed E-state index contributed by atoms with van der Waals surface area (Å²) in [5.74, 6) is -0.756. The number of carbonyl (C=O) groups is 2. The molecule has 2 heterocycles. The summed E-state index contributed by atoms with van der Waals surface area (Å²) < 4.78 is 27.9. The average Bonchev–Trinajstić information content (AvgIpc) is 3.16. The van der Waals surface area contributed by atoms with Crippen molar-refractivity contribution in [1.82, 2.24) is 9.88 Å². The number of fused-ring (bicyclic) bond motifs is 1. The SMILES string of the molecule is COc1ccc2c(N=NC(=O)C3CCCN(CC(=O)Nc4ccc(S(N)(=O)=O)cc4)C3)c(O)[nH]c2c1. The molecule has 190 valence electrons. The van der Waals surface area contributed by atoms with Crippen LogP contribution in [0.5, 0.6) is 11.6 Å². The molecule has 12 nitrogen and oxygen atoms in total. The quantitative estimate of drug-likeness (QED) is 0.350. The van der Waals surface area contributed by atoms with Gasteiger partial charge in [0.25, 0.3) is 5.91 Å². The second-order valence-electron chi connectivity index (χ2n) is 8.46. The van der Waals surface area contributed by atoms with Gasteiger partial charge < -0.3 is 20.1 Å². The molecule has 2 aromatic carbocycles. The summed E-state index contributed by atoms with van der Waals surface area (Å²) in [6.07, 6.45) is 1.32. The summed E-state index contributed by atoms with van der Waals surface area (Å²) in [4.78, 5) is 29.8. The second kappa shape index (κ2) is 10.4. The number of primary sulfonamides is 1. The van der Waals surface area contributed by atoms with Crippen molar-refractivity contribution in [2.45, 2.75) is 17.7 Å². The van der Waals surface area contributed by atoms with E-state index in [2.05, 4.69) is 20.5 Å². The summed E-state index contributed by atoms with van der Waals surface area (Å²) in [6, 6.07) is 10.7. The normalized spacial score (nSPS) is 16.9. The summed E-state index contributed by atoms with van der Waals surface area (Å²) in [6.45, 7) is 1.04. The Kier molecular flexibility index (Phi) is 7.33. The van der Waals surface area contributed by atoms with Crippen LogP contribution in [0, 0.1) is 5.92 Å². The summed E-state index contributed by atoms with van der Waals surface area (Å²) >= 11 is 0. The molecule has 0 radical (unpaired) electrons. The van der Waals surface area contributed by atoms with E-state index in [9.17, 15) is 23.1 Å². The Balaban J connectivity index is 1.35. The van der Waals surface area contributed by atoms with Crippen LogP contribution < -0.4 is 15.2 Å². The molecular weight excluding hydrogens is 488 g/mol. The van der Waals surface area contributed by atoms with Gasteiger partial charge in [0.2, 0.25) is 21.8 Å². The number of rotatable bonds is 7. The molecule has 1 aliphatic rings. The van der Waals surface area contributed by atoms with Crippen LogP contribution in [0.3, 0.4) is 0 Å². The Hall–Kier alpha value is -3.81. The number of ether oxygens (including phenoxy) is 1. The van der Waals surface area contributed by atoms with Crippen molar-refractivity contribution < 1.29 is 27.9 Å². The predicted octanol–water partition coefficient (Wildman–Crippen LogP) is 2.49. The minimum atomic E-state index is -3.81. The van der Waals surface area contributed by atoms with Gasteiger partial charge in [-0.2, -0.15) is 0 Å². The van der Waals surface area contributed by atoms with Gasteiger partial charge in [0.15, 0.2) is 5.69 Å². The van der Waals surface area contributed by atoms with Gasteiger partial charge in [-0.15, -0.1) is 10.2 Å². The van der Waals surface area contributed by atoms with E-state index in [-0.39, 0.29) is 28.9 Å². The van der Waals surface area contributed by atoms with Crippen LogP contribution in [0.2, 0.25) is 0 Å². The zero-order valence-electron chi connectivity index (χ0n) is 19.5. The van der Waals surface area contributed by atoms with Crippen LogP contribution in [0.4, 0.5) is 11.4 Å². The molecule has 13 heteroatoms. The molecule has 3 aromatic rings. The van der Waals surface area contributed by atoms with Crippen molar-refractivity contribution in [3.63, 3.8) is 0 Å². The number of aromatic amines is 1. The number of benzene rings is 2. The Morgan fingerprint density at radius 3 is 2.69 bits per heavy atom. The highest BCUT2D eigenvalue weighted by molar-refractivity contribution is 7.89. The minimum absolute atomic E-state index is 0.0484. The van der Waals surface area contributed by atoms with Gasteiger partial charge in [-0.05, 0) is 55.8 Å². The fraction of sp³-hybridized carbons (Fsp3) is 0.304. The number of H-pyrrole nitrogens is 1. The number of nitrogens with two attached hydrogens (primary N) is 1. The van der Waals surface area contributed by atoms with E-state index in [1.165, 1.54) is 31.4 Å². The predicted molar refractivity (Wildman–Crippen MR) is 132 cm³/mol. The molecule has 0 saturated carbocycles. The van der Waals surface area contributed by atoms with Gasteiger partial charge in [0.1, 0.15) is 5.75 Å². The third-order valence-electron chi connectivity index (χ3n) is 5.90. The lowest BCUT2D eigenvalue weighted by atomic mass is 9.97. The van der Waals surface area contributed by atoms with E-state index >= 15 is 0 Å². The number of sulfonamides is 1.